The van der Waals surface area contributed by atoms with E-state index >= 15 is 0 Å². The largest absolute Gasteiger partial charge is 0.469 e. The lowest BCUT2D eigenvalue weighted by atomic mass is 9.89. The van der Waals surface area contributed by atoms with Crippen LogP contribution >= 0.6 is 0 Å². The van der Waals surface area contributed by atoms with Crippen LogP contribution in [0.25, 0.3) is 0 Å². The van der Waals surface area contributed by atoms with Crippen molar-refractivity contribution in [2.45, 2.75) is 25.9 Å². The molecule has 0 fully saturated rings. The number of carbonyl (C=O) groups excluding carboxylic acids is 3. The van der Waals surface area contributed by atoms with Crippen molar-refractivity contribution in [3.63, 3.8) is 0 Å². The van der Waals surface area contributed by atoms with E-state index in [1.165, 1.54) is 21.0 Å². The number of Topliss-reactive ketones (excluding diaryl/α,β-unsaturated/α-hetero) is 1. The van der Waals surface area contributed by atoms with Crippen molar-refractivity contribution in [3.05, 3.63) is 35.9 Å². The Kier molecular flexibility index (Phi) is 4.80. The Bertz CT molecular complexity index is 480. The van der Waals surface area contributed by atoms with E-state index in [1.54, 1.807) is 30.3 Å². The van der Waals surface area contributed by atoms with E-state index in [-0.39, 0.29) is 0 Å². The number of rotatable bonds is 5. The van der Waals surface area contributed by atoms with E-state index in [9.17, 15) is 14.4 Å². The van der Waals surface area contributed by atoms with Gasteiger partial charge in [-0.15, -0.1) is 0 Å². The van der Waals surface area contributed by atoms with Gasteiger partial charge < -0.3 is 9.47 Å². The SMILES string of the molecule is COC(=O)CC(=O)C(C)(OC(C)=O)c1ccccc1. The quantitative estimate of drug-likeness (QED) is 0.596. The molecule has 0 aliphatic carbocycles. The molecule has 5 heteroatoms. The molecular formula is C14H16O5. The smallest absolute Gasteiger partial charge is 0.313 e. The van der Waals surface area contributed by atoms with Crippen LogP contribution in [0.3, 0.4) is 0 Å². The molecule has 0 saturated carbocycles. The maximum Gasteiger partial charge on any atom is 0.313 e. The zero-order chi connectivity index (χ0) is 14.5. The molecule has 1 aromatic rings. The Hall–Kier alpha value is -2.17. The standard InChI is InChI=1S/C14H16O5/c1-10(15)19-14(2,11-7-5-4-6-8-11)12(16)9-13(17)18-3/h4-8H,9H2,1-3H3. The molecule has 0 aliphatic rings. The van der Waals surface area contributed by atoms with Crippen LogP contribution in [0, 0.1) is 0 Å². The van der Waals surface area contributed by atoms with Crippen LogP contribution < -0.4 is 0 Å². The summed E-state index contributed by atoms with van der Waals surface area (Å²) in [4.78, 5) is 34.6. The molecule has 0 N–H and O–H groups in total. The normalized spacial score (nSPS) is 13.2. The monoisotopic (exact) mass is 264 g/mol. The van der Waals surface area contributed by atoms with Crippen LogP contribution in [0.2, 0.25) is 0 Å². The third-order valence-corrected chi connectivity index (χ3v) is 2.74. The van der Waals surface area contributed by atoms with E-state index in [0.717, 1.165) is 0 Å². The van der Waals surface area contributed by atoms with Crippen molar-refractivity contribution in [1.29, 1.82) is 0 Å². The van der Waals surface area contributed by atoms with E-state index in [2.05, 4.69) is 4.74 Å². The summed E-state index contributed by atoms with van der Waals surface area (Å²) in [6.07, 6.45) is -0.449. The molecule has 0 aliphatic heterocycles. The van der Waals surface area contributed by atoms with Gasteiger partial charge in [-0.05, 0) is 6.92 Å². The molecule has 19 heavy (non-hydrogen) atoms. The molecule has 1 unspecified atom stereocenters. The maximum atomic E-state index is 12.2. The predicted molar refractivity (Wildman–Crippen MR) is 67.2 cm³/mol. The number of ether oxygens (including phenoxy) is 2. The highest BCUT2D eigenvalue weighted by atomic mass is 16.6. The van der Waals surface area contributed by atoms with Gasteiger partial charge in [0.15, 0.2) is 11.4 Å². The first-order valence-corrected chi connectivity index (χ1v) is 5.75. The second kappa shape index (κ2) is 6.13. The molecule has 102 valence electrons. The Morgan fingerprint density at radius 3 is 2.21 bits per heavy atom. The van der Waals surface area contributed by atoms with Gasteiger partial charge in [-0.2, -0.15) is 0 Å². The summed E-state index contributed by atoms with van der Waals surface area (Å²) < 4.78 is 9.59. The molecule has 1 atom stereocenters. The first kappa shape index (κ1) is 14.9. The molecule has 5 nitrogen and oxygen atoms in total. The third-order valence-electron chi connectivity index (χ3n) is 2.74. The van der Waals surface area contributed by atoms with Gasteiger partial charge in [0.25, 0.3) is 0 Å². The van der Waals surface area contributed by atoms with Crippen molar-refractivity contribution < 1.29 is 23.9 Å². The average molecular weight is 264 g/mol. The highest BCUT2D eigenvalue weighted by Crippen LogP contribution is 2.28. The van der Waals surface area contributed by atoms with Gasteiger partial charge in [-0.25, -0.2) is 0 Å². The maximum absolute atomic E-state index is 12.2. The molecule has 0 heterocycles. The van der Waals surface area contributed by atoms with Crippen LogP contribution in [0.5, 0.6) is 0 Å². The Morgan fingerprint density at radius 2 is 1.74 bits per heavy atom. The summed E-state index contributed by atoms with van der Waals surface area (Å²) in [6, 6.07) is 8.56. The number of ketones is 1. The van der Waals surface area contributed by atoms with Gasteiger partial charge in [-0.3, -0.25) is 14.4 Å². The van der Waals surface area contributed by atoms with Gasteiger partial charge in [0.2, 0.25) is 0 Å². The highest BCUT2D eigenvalue weighted by molar-refractivity contribution is 6.01. The Labute approximate surface area is 111 Å². The van der Waals surface area contributed by atoms with Crippen molar-refractivity contribution in [2.24, 2.45) is 0 Å². The molecule has 0 bridgehead atoms. The van der Waals surface area contributed by atoms with Crippen LogP contribution in [-0.4, -0.2) is 24.8 Å². The second-order valence-corrected chi connectivity index (χ2v) is 4.17. The van der Waals surface area contributed by atoms with Crippen LogP contribution in [0.15, 0.2) is 30.3 Å². The average Bonchev–Trinajstić information content (AvgIpc) is 2.38. The number of carbonyl (C=O) groups is 3. The zero-order valence-corrected chi connectivity index (χ0v) is 11.1. The van der Waals surface area contributed by atoms with Crippen molar-refractivity contribution in [2.75, 3.05) is 7.11 Å². The van der Waals surface area contributed by atoms with Crippen molar-refractivity contribution in [1.82, 2.24) is 0 Å². The molecule has 1 aromatic carbocycles. The summed E-state index contributed by atoms with van der Waals surface area (Å²) in [5, 5.41) is 0. The zero-order valence-electron chi connectivity index (χ0n) is 11.1. The number of hydrogen-bond acceptors (Lipinski definition) is 5. The van der Waals surface area contributed by atoms with Gasteiger partial charge in [0.1, 0.15) is 6.42 Å². The summed E-state index contributed by atoms with van der Waals surface area (Å²) in [5.74, 6) is -1.79. The lowest BCUT2D eigenvalue weighted by molar-refractivity contribution is -0.167. The molecule has 0 saturated heterocycles. The lowest BCUT2D eigenvalue weighted by Crippen LogP contribution is -2.38. The summed E-state index contributed by atoms with van der Waals surface area (Å²) in [7, 11) is 1.20. The fraction of sp³-hybridized carbons (Fsp3) is 0.357. The lowest BCUT2D eigenvalue weighted by Gasteiger charge is -2.27. The van der Waals surface area contributed by atoms with E-state index < -0.39 is 29.7 Å². The summed E-state index contributed by atoms with van der Waals surface area (Å²) in [6.45, 7) is 2.68. The van der Waals surface area contributed by atoms with E-state index in [4.69, 9.17) is 4.74 Å². The van der Waals surface area contributed by atoms with Crippen molar-refractivity contribution in [3.8, 4) is 0 Å². The Balaban J connectivity index is 3.09. The minimum atomic E-state index is -1.48. The van der Waals surface area contributed by atoms with E-state index in [1.807, 2.05) is 0 Å². The third kappa shape index (κ3) is 3.64. The van der Waals surface area contributed by atoms with Crippen LogP contribution in [0.1, 0.15) is 25.8 Å². The molecule has 0 amide bonds. The van der Waals surface area contributed by atoms with Crippen molar-refractivity contribution >= 4 is 17.7 Å². The van der Waals surface area contributed by atoms with Gasteiger partial charge in [0, 0.05) is 12.5 Å². The Morgan fingerprint density at radius 1 is 1.16 bits per heavy atom. The minimum absolute atomic E-state index is 0.449. The second-order valence-electron chi connectivity index (χ2n) is 4.17. The molecular weight excluding hydrogens is 248 g/mol. The van der Waals surface area contributed by atoms with Gasteiger partial charge >= 0.3 is 11.9 Å². The molecule has 1 rings (SSSR count). The molecule has 0 aromatic heterocycles. The number of esters is 2. The van der Waals surface area contributed by atoms with Gasteiger partial charge in [-0.1, -0.05) is 30.3 Å². The fourth-order valence-electron chi connectivity index (χ4n) is 1.69. The van der Waals surface area contributed by atoms with Crippen LogP contribution in [-0.2, 0) is 29.5 Å². The fourth-order valence-corrected chi connectivity index (χ4v) is 1.69. The van der Waals surface area contributed by atoms with Gasteiger partial charge in [0.05, 0.1) is 7.11 Å². The summed E-state index contributed by atoms with van der Waals surface area (Å²) >= 11 is 0. The topological polar surface area (TPSA) is 69.7 Å². The predicted octanol–water partition coefficient (Wildman–Crippen LogP) is 1.60. The first-order chi connectivity index (χ1) is 8.90. The van der Waals surface area contributed by atoms with Crippen LogP contribution in [0.4, 0.5) is 0 Å². The highest BCUT2D eigenvalue weighted by Gasteiger charge is 2.39. The minimum Gasteiger partial charge on any atom is -0.469 e. The molecule has 0 radical (unpaired) electrons. The number of methoxy groups -OCH3 is 1. The first-order valence-electron chi connectivity index (χ1n) is 5.75. The number of hydrogen-bond donors (Lipinski definition) is 0. The van der Waals surface area contributed by atoms with E-state index in [0.29, 0.717) is 5.56 Å². The summed E-state index contributed by atoms with van der Waals surface area (Å²) in [5.41, 5.74) is -0.972. The molecule has 0 spiro atoms. The number of benzene rings is 1.